The lowest BCUT2D eigenvalue weighted by molar-refractivity contribution is -0.0507. The first-order valence-corrected chi connectivity index (χ1v) is 7.58. The second-order valence-electron chi connectivity index (χ2n) is 5.74. The highest BCUT2D eigenvalue weighted by Gasteiger charge is 2.14. The average Bonchev–Trinajstić information content (AvgIpc) is 2.55. The lowest BCUT2D eigenvalue weighted by Gasteiger charge is -2.13. The molecule has 26 heavy (non-hydrogen) atoms. The summed E-state index contributed by atoms with van der Waals surface area (Å²) in [6.45, 7) is 0.402. The fraction of sp³-hybridized carbons (Fsp3) is 0.294. The number of nitriles is 1. The van der Waals surface area contributed by atoms with Crippen molar-refractivity contribution in [2.24, 2.45) is 0 Å². The van der Waals surface area contributed by atoms with Crippen LogP contribution in [-0.2, 0) is 0 Å². The van der Waals surface area contributed by atoms with Gasteiger partial charge in [0.15, 0.2) is 5.82 Å². The number of nitrogens with two attached hydrogens (primary N) is 1. The van der Waals surface area contributed by atoms with E-state index in [9.17, 15) is 14.0 Å². The minimum absolute atomic E-state index is 0.00658. The van der Waals surface area contributed by atoms with E-state index in [2.05, 4.69) is 19.7 Å². The van der Waals surface area contributed by atoms with Gasteiger partial charge in [0, 0.05) is 14.1 Å². The zero-order valence-corrected chi connectivity index (χ0v) is 14.8. The van der Waals surface area contributed by atoms with Gasteiger partial charge in [0.25, 0.3) is 0 Å². The molecule has 9 heteroatoms. The molecule has 1 aromatic carbocycles. The molecule has 0 saturated heterocycles. The number of ether oxygens (including phenoxy) is 1. The number of alkyl halides is 2. The van der Waals surface area contributed by atoms with Gasteiger partial charge >= 0.3 is 6.61 Å². The molecule has 0 bridgehead atoms. The van der Waals surface area contributed by atoms with Crippen molar-refractivity contribution in [1.29, 1.82) is 5.26 Å². The summed E-state index contributed by atoms with van der Waals surface area (Å²) < 4.78 is 29.5. The smallest absolute Gasteiger partial charge is 0.387 e. The maximum atomic E-state index is 12.5. The van der Waals surface area contributed by atoms with Crippen LogP contribution in [0.5, 0.6) is 5.75 Å². The second kappa shape index (κ2) is 7.74. The van der Waals surface area contributed by atoms with Crippen molar-refractivity contribution in [3.8, 4) is 11.8 Å². The van der Waals surface area contributed by atoms with E-state index in [4.69, 9.17) is 5.73 Å². The number of halogens is 2. The van der Waals surface area contributed by atoms with E-state index in [1.165, 1.54) is 0 Å². The quantitative estimate of drug-likeness (QED) is 0.818. The number of hydrogen-bond donors (Lipinski definition) is 1. The van der Waals surface area contributed by atoms with Crippen LogP contribution in [0.4, 0.5) is 20.7 Å². The number of aryl methyl sites for hydroxylation is 2. The Bertz CT molecular complexity index is 866. The Kier molecular flexibility index (Phi) is 5.67. The summed E-state index contributed by atoms with van der Waals surface area (Å²) in [6.07, 6.45) is 1.56. The third kappa shape index (κ3) is 4.42. The van der Waals surface area contributed by atoms with E-state index < -0.39 is 6.61 Å². The number of hydrogen-bond acceptors (Lipinski definition) is 7. The summed E-state index contributed by atoms with van der Waals surface area (Å²) in [4.78, 5) is 13.8. The summed E-state index contributed by atoms with van der Waals surface area (Å²) in [7, 11) is 3.48. The summed E-state index contributed by atoms with van der Waals surface area (Å²) in [5.74, 6) is 0.566. The third-order valence-electron chi connectivity index (χ3n) is 3.40. The van der Waals surface area contributed by atoms with Crippen LogP contribution in [0.1, 0.15) is 22.5 Å². The van der Waals surface area contributed by atoms with Gasteiger partial charge in [0.1, 0.15) is 11.8 Å². The summed E-state index contributed by atoms with van der Waals surface area (Å²) in [5, 5.41) is 9.48. The molecule has 1 aromatic heterocycles. The summed E-state index contributed by atoms with van der Waals surface area (Å²) in [6, 6.07) is 5.31. The van der Waals surface area contributed by atoms with Crippen molar-refractivity contribution in [2.75, 3.05) is 24.7 Å². The molecule has 2 aromatic rings. The topological polar surface area (TPSA) is 101 Å². The Morgan fingerprint density at radius 3 is 2.35 bits per heavy atom. The first kappa shape index (κ1) is 19.1. The van der Waals surface area contributed by atoms with Gasteiger partial charge in [0.05, 0.1) is 5.57 Å². The Labute approximate surface area is 149 Å². The number of aromatic nitrogens is 3. The number of benzene rings is 1. The number of allylic oxidation sites excluding steroid dienone is 1. The minimum atomic E-state index is -2.90. The van der Waals surface area contributed by atoms with Crippen molar-refractivity contribution in [2.45, 2.75) is 20.5 Å². The molecule has 2 N–H and O–H groups in total. The zero-order valence-electron chi connectivity index (χ0n) is 14.8. The summed E-state index contributed by atoms with van der Waals surface area (Å²) in [5.41, 5.74) is 7.53. The van der Waals surface area contributed by atoms with Crippen LogP contribution >= 0.6 is 0 Å². The highest BCUT2D eigenvalue weighted by molar-refractivity contribution is 5.87. The van der Waals surface area contributed by atoms with Crippen LogP contribution in [0.25, 0.3) is 11.6 Å². The Hall–Kier alpha value is -3.28. The van der Waals surface area contributed by atoms with Crippen molar-refractivity contribution in [3.63, 3.8) is 0 Å². The van der Waals surface area contributed by atoms with Gasteiger partial charge in [0.2, 0.25) is 11.9 Å². The molecular weight excluding hydrogens is 342 g/mol. The third-order valence-corrected chi connectivity index (χ3v) is 3.40. The van der Waals surface area contributed by atoms with Gasteiger partial charge in [-0.05, 0) is 48.7 Å². The molecule has 0 unspecified atom stereocenters. The molecule has 0 radical (unpaired) electrons. The van der Waals surface area contributed by atoms with Crippen molar-refractivity contribution in [1.82, 2.24) is 15.0 Å². The van der Waals surface area contributed by atoms with Gasteiger partial charge in [-0.1, -0.05) is 0 Å². The summed E-state index contributed by atoms with van der Waals surface area (Å²) >= 11 is 0. The first-order valence-electron chi connectivity index (χ1n) is 7.58. The Morgan fingerprint density at radius 2 is 1.85 bits per heavy atom. The molecule has 0 amide bonds. The molecule has 0 aliphatic rings. The molecule has 0 atom stereocenters. The highest BCUT2D eigenvalue weighted by Crippen LogP contribution is 2.28. The SMILES string of the molecule is Cc1cc(/C=C(\C#N)c2nc(N)nc(N(C)C)n2)cc(C)c1OC(F)F. The van der Waals surface area contributed by atoms with E-state index in [0.29, 0.717) is 22.6 Å². The molecule has 136 valence electrons. The average molecular weight is 360 g/mol. The molecule has 0 spiro atoms. The maximum absolute atomic E-state index is 12.5. The van der Waals surface area contributed by atoms with Crippen molar-refractivity contribution in [3.05, 3.63) is 34.6 Å². The predicted octanol–water partition coefficient (Wildman–Crippen LogP) is 2.80. The van der Waals surface area contributed by atoms with E-state index in [-0.39, 0.29) is 23.1 Å². The Balaban J connectivity index is 2.49. The van der Waals surface area contributed by atoms with Crippen LogP contribution in [-0.4, -0.2) is 35.7 Å². The Morgan fingerprint density at radius 1 is 1.23 bits per heavy atom. The number of rotatable bonds is 5. The van der Waals surface area contributed by atoms with Gasteiger partial charge in [-0.25, -0.2) is 0 Å². The predicted molar refractivity (Wildman–Crippen MR) is 94.6 cm³/mol. The van der Waals surface area contributed by atoms with Gasteiger partial charge in [-0.3, -0.25) is 0 Å². The molecule has 0 aliphatic carbocycles. The van der Waals surface area contributed by atoms with Crippen LogP contribution in [0.2, 0.25) is 0 Å². The highest BCUT2D eigenvalue weighted by atomic mass is 19.3. The van der Waals surface area contributed by atoms with Crippen LogP contribution < -0.4 is 15.4 Å². The van der Waals surface area contributed by atoms with E-state index in [0.717, 1.165) is 0 Å². The van der Waals surface area contributed by atoms with Crippen molar-refractivity contribution < 1.29 is 13.5 Å². The molecule has 2 rings (SSSR count). The number of nitrogen functional groups attached to an aromatic ring is 1. The van der Waals surface area contributed by atoms with Gasteiger partial charge < -0.3 is 15.4 Å². The van der Waals surface area contributed by atoms with Gasteiger partial charge in [-0.2, -0.15) is 29.0 Å². The number of anilines is 2. The lowest BCUT2D eigenvalue weighted by Crippen LogP contribution is -2.15. The fourth-order valence-electron chi connectivity index (χ4n) is 2.36. The van der Waals surface area contributed by atoms with E-state index in [1.54, 1.807) is 51.1 Å². The van der Waals surface area contributed by atoms with Gasteiger partial charge in [-0.15, -0.1) is 0 Å². The second-order valence-corrected chi connectivity index (χ2v) is 5.74. The largest absolute Gasteiger partial charge is 0.434 e. The van der Waals surface area contributed by atoms with Crippen molar-refractivity contribution >= 4 is 23.5 Å². The van der Waals surface area contributed by atoms with E-state index in [1.807, 2.05) is 6.07 Å². The molecule has 7 nitrogen and oxygen atoms in total. The van der Waals surface area contributed by atoms with Crippen LogP contribution in [0.3, 0.4) is 0 Å². The fourth-order valence-corrected chi connectivity index (χ4v) is 2.36. The molecule has 0 fully saturated rings. The standard InChI is InChI=1S/C17H18F2N6O/c1-9-5-11(6-10(2)13(9)26-15(18)19)7-12(8-20)14-22-16(21)24-17(23-14)25(3)4/h5-7,15H,1-4H3,(H2,21,22,23,24)/b12-7+. The minimum Gasteiger partial charge on any atom is -0.434 e. The molecule has 0 saturated carbocycles. The van der Waals surface area contributed by atoms with Crippen LogP contribution in [0.15, 0.2) is 12.1 Å². The molecular formula is C17H18F2N6O. The van der Waals surface area contributed by atoms with E-state index >= 15 is 0 Å². The normalized spacial score (nSPS) is 11.4. The zero-order chi connectivity index (χ0) is 19.4. The molecule has 1 heterocycles. The molecule has 0 aliphatic heterocycles. The number of nitrogens with zero attached hydrogens (tertiary/aromatic N) is 5. The first-order chi connectivity index (χ1) is 12.2. The monoisotopic (exact) mass is 360 g/mol. The van der Waals surface area contributed by atoms with Crippen LogP contribution in [0, 0.1) is 25.2 Å². The maximum Gasteiger partial charge on any atom is 0.387 e. The lowest BCUT2D eigenvalue weighted by atomic mass is 10.0.